The number of halogens is 1. The minimum atomic E-state index is -0.571. The number of hydrogen-bond acceptors (Lipinski definition) is 2. The van der Waals surface area contributed by atoms with Crippen molar-refractivity contribution in [3.63, 3.8) is 0 Å². The number of H-pyrrole nitrogens is 1. The molecule has 0 unspecified atom stereocenters. The van der Waals surface area contributed by atoms with Crippen molar-refractivity contribution in [3.8, 4) is 0 Å². The molecule has 0 amide bonds. The second-order valence-electron chi connectivity index (χ2n) is 1.96. The van der Waals surface area contributed by atoms with E-state index in [1.165, 1.54) is 0 Å². The largest absolute Gasteiger partial charge is 0.301 e. The molecular weight excluding hydrogens is 152 g/mol. The second-order valence-corrected chi connectivity index (χ2v) is 2.43. The summed E-state index contributed by atoms with van der Waals surface area (Å²) in [7, 11) is 0. The second kappa shape index (κ2) is 2.84. The highest BCUT2D eigenvalue weighted by Crippen LogP contribution is 2.18. The van der Waals surface area contributed by atoms with E-state index < -0.39 is 5.38 Å². The quantitative estimate of drug-likeness (QED) is 0.519. The van der Waals surface area contributed by atoms with Crippen LogP contribution in [0.4, 0.5) is 0 Å². The monoisotopic (exact) mass is 158 g/mol. The molecule has 10 heavy (non-hydrogen) atoms. The predicted molar refractivity (Wildman–Crippen MR) is 38.0 cm³/mol. The minimum absolute atomic E-state index is 0.571. The van der Waals surface area contributed by atoms with Crippen molar-refractivity contribution in [2.75, 3.05) is 0 Å². The van der Waals surface area contributed by atoms with Gasteiger partial charge in [-0.25, -0.2) is 0 Å². The number of aromatic nitrogens is 2. The molecule has 1 aromatic heterocycles. The van der Waals surface area contributed by atoms with Crippen LogP contribution in [0.1, 0.15) is 16.6 Å². The van der Waals surface area contributed by atoms with Crippen molar-refractivity contribution in [2.24, 2.45) is 0 Å². The van der Waals surface area contributed by atoms with Gasteiger partial charge in [0, 0.05) is 11.8 Å². The van der Waals surface area contributed by atoms with Gasteiger partial charge in [-0.05, 0) is 6.92 Å². The van der Waals surface area contributed by atoms with Crippen molar-refractivity contribution in [3.05, 3.63) is 17.5 Å². The minimum Gasteiger partial charge on any atom is -0.301 e. The number of hydrogen-bond donors (Lipinski definition) is 1. The number of carbonyl (C=O) groups is 1. The van der Waals surface area contributed by atoms with Gasteiger partial charge in [-0.3, -0.25) is 5.10 Å². The first-order valence-electron chi connectivity index (χ1n) is 2.85. The van der Waals surface area contributed by atoms with Gasteiger partial charge in [0.2, 0.25) is 0 Å². The van der Waals surface area contributed by atoms with Gasteiger partial charge in [-0.2, -0.15) is 5.10 Å². The molecule has 0 aliphatic carbocycles. The summed E-state index contributed by atoms with van der Waals surface area (Å²) in [5, 5.41) is 5.87. The molecule has 54 valence electrons. The molecule has 4 heteroatoms. The van der Waals surface area contributed by atoms with Gasteiger partial charge in [-0.15, -0.1) is 11.6 Å². The van der Waals surface area contributed by atoms with E-state index in [2.05, 4.69) is 10.2 Å². The van der Waals surface area contributed by atoms with Crippen LogP contribution in [-0.2, 0) is 4.79 Å². The van der Waals surface area contributed by atoms with Crippen LogP contribution in [0.2, 0.25) is 0 Å². The Morgan fingerprint density at radius 1 is 1.90 bits per heavy atom. The average molecular weight is 159 g/mol. The van der Waals surface area contributed by atoms with E-state index in [-0.39, 0.29) is 0 Å². The summed E-state index contributed by atoms with van der Waals surface area (Å²) >= 11 is 5.61. The van der Waals surface area contributed by atoms with Crippen LogP contribution in [0.25, 0.3) is 0 Å². The molecule has 0 aliphatic heterocycles. The third-order valence-electron chi connectivity index (χ3n) is 1.29. The molecule has 0 spiro atoms. The molecule has 1 N–H and O–H groups in total. The summed E-state index contributed by atoms with van der Waals surface area (Å²) in [6, 6.07) is 0. The van der Waals surface area contributed by atoms with E-state index in [0.717, 1.165) is 11.3 Å². The molecule has 0 saturated heterocycles. The Labute approximate surface area is 63.4 Å². The van der Waals surface area contributed by atoms with Crippen LogP contribution in [-0.4, -0.2) is 16.5 Å². The van der Waals surface area contributed by atoms with Gasteiger partial charge in [0.05, 0.1) is 5.69 Å². The van der Waals surface area contributed by atoms with E-state index in [4.69, 9.17) is 11.6 Å². The zero-order valence-electron chi connectivity index (χ0n) is 5.47. The standard InChI is InChI=1S/C6H7ClN2O/c1-4-5(2-8-9-4)6(7)3-10/h2-3,6H,1H3,(H,8,9)/t6-/m1/s1. The fourth-order valence-corrected chi connectivity index (χ4v) is 0.941. The van der Waals surface area contributed by atoms with Crippen molar-refractivity contribution < 1.29 is 4.79 Å². The summed E-state index contributed by atoms with van der Waals surface area (Å²) in [6.07, 6.45) is 2.31. The number of aldehydes is 1. The maximum absolute atomic E-state index is 10.2. The zero-order chi connectivity index (χ0) is 7.56. The molecule has 0 fully saturated rings. The maximum Gasteiger partial charge on any atom is 0.142 e. The molecule has 1 rings (SSSR count). The fraction of sp³-hybridized carbons (Fsp3) is 0.333. The number of rotatable bonds is 2. The number of alkyl halides is 1. The molecule has 0 bridgehead atoms. The summed E-state index contributed by atoms with van der Waals surface area (Å²) in [4.78, 5) is 10.2. The van der Waals surface area contributed by atoms with Crippen LogP contribution >= 0.6 is 11.6 Å². The van der Waals surface area contributed by atoms with Crippen LogP contribution in [0, 0.1) is 6.92 Å². The molecule has 1 heterocycles. The zero-order valence-corrected chi connectivity index (χ0v) is 6.22. The highest BCUT2D eigenvalue weighted by molar-refractivity contribution is 6.27. The average Bonchev–Trinajstić information content (AvgIpc) is 2.34. The van der Waals surface area contributed by atoms with E-state index in [1.807, 2.05) is 0 Å². The Balaban J connectivity index is 2.92. The molecule has 0 radical (unpaired) electrons. The molecule has 3 nitrogen and oxygen atoms in total. The van der Waals surface area contributed by atoms with Crippen LogP contribution in [0.5, 0.6) is 0 Å². The highest BCUT2D eigenvalue weighted by Gasteiger charge is 2.09. The van der Waals surface area contributed by atoms with Crippen molar-refractivity contribution >= 4 is 17.9 Å². The van der Waals surface area contributed by atoms with Crippen molar-refractivity contribution in [1.29, 1.82) is 0 Å². The lowest BCUT2D eigenvalue weighted by molar-refractivity contribution is -0.107. The lowest BCUT2D eigenvalue weighted by Crippen LogP contribution is -1.90. The van der Waals surface area contributed by atoms with Gasteiger partial charge in [-0.1, -0.05) is 0 Å². The number of carbonyl (C=O) groups excluding carboxylic acids is 1. The molecular formula is C6H7ClN2O. The van der Waals surface area contributed by atoms with Gasteiger partial charge in [0.15, 0.2) is 0 Å². The predicted octanol–water partition coefficient (Wildman–Crippen LogP) is 1.20. The Bertz CT molecular complexity index is 233. The Hall–Kier alpha value is -0.830. The SMILES string of the molecule is Cc1n[nH]cc1[C@H](Cl)C=O. The first kappa shape index (κ1) is 7.28. The summed E-state index contributed by atoms with van der Waals surface area (Å²) in [6.45, 7) is 1.80. The molecule has 0 aliphatic rings. The van der Waals surface area contributed by atoms with Gasteiger partial charge in [0.25, 0.3) is 0 Å². The normalized spacial score (nSPS) is 13.0. The molecule has 0 aromatic carbocycles. The smallest absolute Gasteiger partial charge is 0.142 e. The van der Waals surface area contributed by atoms with Gasteiger partial charge < -0.3 is 4.79 Å². The van der Waals surface area contributed by atoms with Crippen molar-refractivity contribution in [2.45, 2.75) is 12.3 Å². The van der Waals surface area contributed by atoms with Crippen molar-refractivity contribution in [1.82, 2.24) is 10.2 Å². The number of aryl methyl sites for hydroxylation is 1. The van der Waals surface area contributed by atoms with E-state index >= 15 is 0 Å². The van der Waals surface area contributed by atoms with Gasteiger partial charge >= 0.3 is 0 Å². The lowest BCUT2D eigenvalue weighted by Gasteiger charge is -1.95. The Morgan fingerprint density at radius 2 is 2.60 bits per heavy atom. The summed E-state index contributed by atoms with van der Waals surface area (Å²) in [5.41, 5.74) is 1.52. The molecule has 1 atom stereocenters. The summed E-state index contributed by atoms with van der Waals surface area (Å²) < 4.78 is 0. The first-order chi connectivity index (χ1) is 4.75. The fourth-order valence-electron chi connectivity index (χ4n) is 0.720. The lowest BCUT2D eigenvalue weighted by atomic mass is 10.2. The third-order valence-corrected chi connectivity index (χ3v) is 1.62. The maximum atomic E-state index is 10.2. The highest BCUT2D eigenvalue weighted by atomic mass is 35.5. The third kappa shape index (κ3) is 1.19. The first-order valence-corrected chi connectivity index (χ1v) is 3.29. The van der Waals surface area contributed by atoms with Gasteiger partial charge in [0.1, 0.15) is 11.7 Å². The Morgan fingerprint density at radius 3 is 3.00 bits per heavy atom. The Kier molecular flexibility index (Phi) is 2.06. The molecule has 0 saturated carbocycles. The van der Waals surface area contributed by atoms with E-state index in [1.54, 1.807) is 13.1 Å². The number of nitrogens with one attached hydrogen (secondary N) is 1. The van der Waals surface area contributed by atoms with E-state index in [0.29, 0.717) is 6.29 Å². The number of nitrogens with zero attached hydrogens (tertiary/aromatic N) is 1. The number of aromatic amines is 1. The van der Waals surface area contributed by atoms with E-state index in [9.17, 15) is 4.79 Å². The van der Waals surface area contributed by atoms with Crippen LogP contribution in [0.3, 0.4) is 0 Å². The molecule has 1 aromatic rings. The van der Waals surface area contributed by atoms with Crippen LogP contribution in [0.15, 0.2) is 6.20 Å². The summed E-state index contributed by atoms with van der Waals surface area (Å²) in [5.74, 6) is 0. The topological polar surface area (TPSA) is 45.8 Å². The van der Waals surface area contributed by atoms with Crippen LogP contribution < -0.4 is 0 Å².